The molecule has 0 bridgehead atoms. The van der Waals surface area contributed by atoms with Crippen molar-refractivity contribution in [2.45, 2.75) is 6.54 Å². The molecule has 2 fully saturated rings. The van der Waals surface area contributed by atoms with Crippen LogP contribution in [0.5, 0.6) is 0 Å². The number of anilines is 1. The summed E-state index contributed by atoms with van der Waals surface area (Å²) in [7, 11) is 0. The number of aromatic nitrogens is 2. The number of nitrogens with zero attached hydrogens (tertiary/aromatic N) is 4. The Hall–Kier alpha value is -2.22. The minimum absolute atomic E-state index is 0.287. The van der Waals surface area contributed by atoms with E-state index in [4.69, 9.17) is 11.6 Å². The maximum atomic E-state index is 12.8. The van der Waals surface area contributed by atoms with Crippen molar-refractivity contribution in [1.29, 1.82) is 0 Å². The number of piperazine rings is 2. The quantitative estimate of drug-likeness (QED) is 0.640. The third-order valence-electron chi connectivity index (χ3n) is 5.90. The summed E-state index contributed by atoms with van der Waals surface area (Å²) in [5, 5.41) is 0.777. The Balaban J connectivity index is 1.19. The first-order valence-corrected chi connectivity index (χ1v) is 10.8. The molecule has 0 saturated carbocycles. The number of carbonyl (C=O) groups excluding carboxylic acids is 1. The average molecular weight is 417 g/mol. The number of quaternary nitrogens is 2. The third kappa shape index (κ3) is 5.44. The molecule has 0 spiro atoms. The van der Waals surface area contributed by atoms with E-state index in [1.165, 1.54) is 15.4 Å². The lowest BCUT2D eigenvalue weighted by atomic mass is 10.2. The highest BCUT2D eigenvalue weighted by molar-refractivity contribution is 6.30. The van der Waals surface area contributed by atoms with Gasteiger partial charge < -0.3 is 19.6 Å². The maximum Gasteiger partial charge on any atom is 0.278 e. The van der Waals surface area contributed by atoms with Gasteiger partial charge in [-0.2, -0.15) is 0 Å². The normalized spacial score (nSPS) is 18.8. The fraction of sp³-hybridized carbons (Fsp3) is 0.476. The van der Waals surface area contributed by atoms with E-state index in [1.807, 2.05) is 23.1 Å². The van der Waals surface area contributed by atoms with Gasteiger partial charge in [0.05, 0.1) is 52.4 Å². The second-order valence-corrected chi connectivity index (χ2v) is 8.33. The molecule has 0 unspecified atom stereocenters. The van der Waals surface area contributed by atoms with Gasteiger partial charge in [0.2, 0.25) is 5.95 Å². The minimum Gasteiger partial charge on any atom is -0.330 e. The number of hydrogen-bond donors (Lipinski definition) is 2. The van der Waals surface area contributed by atoms with Gasteiger partial charge in [0.1, 0.15) is 6.54 Å². The van der Waals surface area contributed by atoms with E-state index >= 15 is 0 Å². The van der Waals surface area contributed by atoms with Crippen molar-refractivity contribution in [3.8, 4) is 0 Å². The van der Waals surface area contributed by atoms with Crippen LogP contribution in [-0.4, -0.2) is 79.7 Å². The molecule has 0 atom stereocenters. The first-order valence-electron chi connectivity index (χ1n) is 10.4. The van der Waals surface area contributed by atoms with Gasteiger partial charge in [-0.3, -0.25) is 4.79 Å². The highest BCUT2D eigenvalue weighted by Gasteiger charge is 2.28. The van der Waals surface area contributed by atoms with Crippen molar-refractivity contribution in [3.63, 3.8) is 0 Å². The average Bonchev–Trinajstić information content (AvgIpc) is 2.77. The van der Waals surface area contributed by atoms with E-state index in [0.717, 1.165) is 69.9 Å². The number of carbonyl (C=O) groups is 1. The Bertz CT molecular complexity index is 787. The van der Waals surface area contributed by atoms with Crippen LogP contribution in [0.4, 0.5) is 5.95 Å². The zero-order chi connectivity index (χ0) is 20.1. The number of amides is 1. The molecule has 154 valence electrons. The van der Waals surface area contributed by atoms with Gasteiger partial charge in [-0.15, -0.1) is 0 Å². The zero-order valence-electron chi connectivity index (χ0n) is 16.7. The molecule has 7 nitrogen and oxygen atoms in total. The Labute approximate surface area is 176 Å². The first kappa shape index (κ1) is 20.1. The molecule has 2 aliphatic rings. The molecule has 1 aromatic carbocycles. The molecular formula is C21H29ClN6O+2. The van der Waals surface area contributed by atoms with E-state index in [-0.39, 0.29) is 5.91 Å². The summed E-state index contributed by atoms with van der Waals surface area (Å²) in [6, 6.07) is 9.92. The van der Waals surface area contributed by atoms with Crippen molar-refractivity contribution < 1.29 is 14.6 Å². The monoisotopic (exact) mass is 416 g/mol. The lowest BCUT2D eigenvalue weighted by Crippen LogP contribution is -3.16. The molecule has 3 heterocycles. The van der Waals surface area contributed by atoms with Crippen LogP contribution in [0.3, 0.4) is 0 Å². The molecule has 1 aromatic heterocycles. The summed E-state index contributed by atoms with van der Waals surface area (Å²) in [5.74, 6) is 1.08. The SMILES string of the molecule is O=C(C[NH+]1CCN(c2ncccn2)CC1)N1CC[NH+](Cc2ccc(Cl)cc2)CC1. The predicted octanol–water partition coefficient (Wildman–Crippen LogP) is -1.24. The molecule has 4 rings (SSSR count). The Morgan fingerprint density at radius 1 is 0.931 bits per heavy atom. The van der Waals surface area contributed by atoms with E-state index in [2.05, 4.69) is 27.0 Å². The van der Waals surface area contributed by atoms with Crippen LogP contribution in [0, 0.1) is 0 Å². The van der Waals surface area contributed by atoms with Crippen molar-refractivity contribution in [3.05, 3.63) is 53.3 Å². The smallest absolute Gasteiger partial charge is 0.278 e. The lowest BCUT2D eigenvalue weighted by molar-refractivity contribution is -0.918. The predicted molar refractivity (Wildman–Crippen MR) is 112 cm³/mol. The largest absolute Gasteiger partial charge is 0.330 e. The van der Waals surface area contributed by atoms with Gasteiger partial charge in [-0.05, 0) is 18.2 Å². The standard InChI is InChI=1S/C21H27ClN6O/c22-19-4-2-18(3-5-19)16-25-8-12-27(13-9-25)20(29)17-26-10-14-28(15-11-26)21-23-6-1-7-24-21/h1-7H,8-17H2/p+2. The van der Waals surface area contributed by atoms with Crippen LogP contribution in [0.1, 0.15) is 5.56 Å². The van der Waals surface area contributed by atoms with Crippen LogP contribution in [0.2, 0.25) is 5.02 Å². The molecule has 2 N–H and O–H groups in total. The summed E-state index contributed by atoms with van der Waals surface area (Å²) in [5.41, 5.74) is 1.30. The van der Waals surface area contributed by atoms with Crippen LogP contribution in [-0.2, 0) is 11.3 Å². The van der Waals surface area contributed by atoms with E-state index in [0.29, 0.717) is 6.54 Å². The Morgan fingerprint density at radius 2 is 1.55 bits per heavy atom. The lowest BCUT2D eigenvalue weighted by Gasteiger charge is -2.35. The fourth-order valence-electron chi connectivity index (χ4n) is 4.12. The molecule has 1 amide bonds. The molecule has 8 heteroatoms. The summed E-state index contributed by atoms with van der Waals surface area (Å²) in [6.07, 6.45) is 3.55. The summed E-state index contributed by atoms with van der Waals surface area (Å²) < 4.78 is 0. The van der Waals surface area contributed by atoms with Crippen LogP contribution in [0.25, 0.3) is 0 Å². The molecule has 2 saturated heterocycles. The van der Waals surface area contributed by atoms with Crippen LogP contribution < -0.4 is 14.7 Å². The number of hydrogen-bond acceptors (Lipinski definition) is 4. The molecular weight excluding hydrogens is 388 g/mol. The molecule has 0 aliphatic carbocycles. The maximum absolute atomic E-state index is 12.8. The second kappa shape index (κ2) is 9.52. The van der Waals surface area contributed by atoms with Crippen molar-refractivity contribution in [2.75, 3.05) is 63.8 Å². The molecule has 0 radical (unpaired) electrons. The van der Waals surface area contributed by atoms with Gasteiger partial charge in [0, 0.05) is 23.0 Å². The highest BCUT2D eigenvalue weighted by atomic mass is 35.5. The molecule has 2 aromatic rings. The summed E-state index contributed by atoms with van der Waals surface area (Å²) in [6.45, 7) is 8.97. The van der Waals surface area contributed by atoms with E-state index in [9.17, 15) is 4.79 Å². The van der Waals surface area contributed by atoms with Crippen molar-refractivity contribution in [2.24, 2.45) is 0 Å². The third-order valence-corrected chi connectivity index (χ3v) is 6.15. The van der Waals surface area contributed by atoms with Gasteiger partial charge in [-0.1, -0.05) is 23.7 Å². The van der Waals surface area contributed by atoms with Crippen LogP contribution in [0.15, 0.2) is 42.7 Å². The Kier molecular flexibility index (Phi) is 6.59. The first-order chi connectivity index (χ1) is 14.2. The number of benzene rings is 1. The molecule has 2 aliphatic heterocycles. The van der Waals surface area contributed by atoms with Gasteiger partial charge in [-0.25, -0.2) is 9.97 Å². The minimum atomic E-state index is 0.287. The van der Waals surface area contributed by atoms with E-state index < -0.39 is 0 Å². The number of rotatable bonds is 5. The van der Waals surface area contributed by atoms with Crippen molar-refractivity contribution in [1.82, 2.24) is 14.9 Å². The number of halogens is 1. The summed E-state index contributed by atoms with van der Waals surface area (Å²) in [4.78, 5) is 28.5. The fourth-order valence-corrected chi connectivity index (χ4v) is 4.25. The van der Waals surface area contributed by atoms with Gasteiger partial charge in [0.25, 0.3) is 5.91 Å². The van der Waals surface area contributed by atoms with Gasteiger partial charge >= 0.3 is 0 Å². The Morgan fingerprint density at radius 3 is 2.21 bits per heavy atom. The molecule has 29 heavy (non-hydrogen) atoms. The highest BCUT2D eigenvalue weighted by Crippen LogP contribution is 2.08. The zero-order valence-corrected chi connectivity index (χ0v) is 17.4. The van der Waals surface area contributed by atoms with Gasteiger partial charge in [0.15, 0.2) is 6.54 Å². The van der Waals surface area contributed by atoms with Crippen LogP contribution >= 0.6 is 11.6 Å². The van der Waals surface area contributed by atoms with E-state index in [1.54, 1.807) is 12.4 Å². The summed E-state index contributed by atoms with van der Waals surface area (Å²) >= 11 is 5.97. The topological polar surface area (TPSA) is 58.2 Å². The van der Waals surface area contributed by atoms with Crippen molar-refractivity contribution >= 4 is 23.5 Å². The number of nitrogens with one attached hydrogen (secondary N) is 2. The second-order valence-electron chi connectivity index (χ2n) is 7.90.